The van der Waals surface area contributed by atoms with E-state index in [1.807, 2.05) is 29.4 Å². The summed E-state index contributed by atoms with van der Waals surface area (Å²) in [4.78, 5) is 19.5. The number of amides is 1. The highest BCUT2D eigenvalue weighted by molar-refractivity contribution is 5.97. The van der Waals surface area contributed by atoms with Crippen molar-refractivity contribution in [2.45, 2.75) is 39.2 Å². The summed E-state index contributed by atoms with van der Waals surface area (Å²) in [5, 5.41) is 0. The van der Waals surface area contributed by atoms with E-state index in [2.05, 4.69) is 53.7 Å². The molecule has 0 saturated carbocycles. The molecule has 1 aliphatic rings. The number of likely N-dealkylation sites (tertiary alicyclic amines) is 1. The Morgan fingerprint density at radius 2 is 1.85 bits per heavy atom. The van der Waals surface area contributed by atoms with Gasteiger partial charge in [-0.3, -0.25) is 4.79 Å². The van der Waals surface area contributed by atoms with Gasteiger partial charge in [0.05, 0.1) is 17.4 Å². The summed E-state index contributed by atoms with van der Waals surface area (Å²) in [5.74, 6) is 0.813. The molecule has 3 aromatic rings. The number of carbonyl (C=O) groups excluding carboxylic acids is 1. The Hall–Kier alpha value is -2.62. The van der Waals surface area contributed by atoms with Gasteiger partial charge in [-0.15, -0.1) is 0 Å². The molecule has 2 aromatic carbocycles. The van der Waals surface area contributed by atoms with Gasteiger partial charge in [0.2, 0.25) is 0 Å². The summed E-state index contributed by atoms with van der Waals surface area (Å²) < 4.78 is 2.12. The van der Waals surface area contributed by atoms with Crippen molar-refractivity contribution >= 4 is 16.9 Å². The minimum atomic E-state index is 0.145. The molecule has 0 spiro atoms. The van der Waals surface area contributed by atoms with Crippen LogP contribution in [0.5, 0.6) is 0 Å². The average Bonchev–Trinajstić information content (AvgIpc) is 3.12. The van der Waals surface area contributed by atoms with Crippen molar-refractivity contribution in [3.8, 4) is 0 Å². The van der Waals surface area contributed by atoms with Gasteiger partial charge in [0.15, 0.2) is 0 Å². The number of hydrogen-bond acceptors (Lipinski definition) is 2. The molecule has 4 heteroatoms. The third-order valence-corrected chi connectivity index (χ3v) is 5.65. The second-order valence-corrected chi connectivity index (χ2v) is 7.87. The van der Waals surface area contributed by atoms with E-state index in [0.717, 1.165) is 48.9 Å². The van der Waals surface area contributed by atoms with Crippen LogP contribution in [-0.4, -0.2) is 33.4 Å². The van der Waals surface area contributed by atoms with Gasteiger partial charge in [-0.25, -0.2) is 4.98 Å². The molecule has 0 aliphatic carbocycles. The summed E-state index contributed by atoms with van der Waals surface area (Å²) >= 11 is 0. The highest BCUT2D eigenvalue weighted by Crippen LogP contribution is 2.24. The van der Waals surface area contributed by atoms with Gasteiger partial charge >= 0.3 is 0 Å². The zero-order valence-electron chi connectivity index (χ0n) is 16.1. The number of imidazole rings is 1. The van der Waals surface area contributed by atoms with Gasteiger partial charge in [0, 0.05) is 24.7 Å². The number of carbonyl (C=O) groups is 1. The van der Waals surface area contributed by atoms with Gasteiger partial charge in [0.1, 0.15) is 0 Å². The van der Waals surface area contributed by atoms with E-state index in [0.29, 0.717) is 12.0 Å². The standard InChI is InChI=1S/C23H27N3O/c1-17(2)26-16-24-21-9-8-20(15-22(21)26)23(27)25-12-10-19(11-13-25)14-18-6-4-3-5-7-18/h3-9,15-17,19H,10-14H2,1-2H3. The third-order valence-electron chi connectivity index (χ3n) is 5.65. The second-order valence-electron chi connectivity index (χ2n) is 7.87. The van der Waals surface area contributed by atoms with Crippen molar-refractivity contribution in [3.63, 3.8) is 0 Å². The van der Waals surface area contributed by atoms with Crippen molar-refractivity contribution in [2.75, 3.05) is 13.1 Å². The Balaban J connectivity index is 1.43. The maximum Gasteiger partial charge on any atom is 0.253 e. The number of fused-ring (bicyclic) bond motifs is 1. The molecule has 0 unspecified atom stereocenters. The number of piperidine rings is 1. The Kier molecular flexibility index (Phi) is 4.97. The fourth-order valence-electron chi connectivity index (χ4n) is 4.04. The first-order valence-corrected chi connectivity index (χ1v) is 9.91. The largest absolute Gasteiger partial charge is 0.339 e. The van der Waals surface area contributed by atoms with Gasteiger partial charge < -0.3 is 9.47 Å². The van der Waals surface area contributed by atoms with Crippen molar-refractivity contribution < 1.29 is 4.79 Å². The number of aromatic nitrogens is 2. The minimum absolute atomic E-state index is 0.145. The molecule has 0 N–H and O–H groups in total. The van der Waals surface area contributed by atoms with Crippen LogP contribution in [-0.2, 0) is 6.42 Å². The summed E-state index contributed by atoms with van der Waals surface area (Å²) in [6, 6.07) is 16.9. The Morgan fingerprint density at radius 3 is 2.56 bits per heavy atom. The molecular formula is C23H27N3O. The lowest BCUT2D eigenvalue weighted by Crippen LogP contribution is -2.38. The van der Waals surface area contributed by atoms with Crippen LogP contribution in [0, 0.1) is 5.92 Å². The maximum absolute atomic E-state index is 13.0. The highest BCUT2D eigenvalue weighted by atomic mass is 16.2. The molecule has 140 valence electrons. The zero-order valence-corrected chi connectivity index (χ0v) is 16.1. The molecule has 1 aliphatic heterocycles. The molecule has 27 heavy (non-hydrogen) atoms. The predicted octanol–water partition coefficient (Wildman–Crippen LogP) is 4.71. The van der Waals surface area contributed by atoms with Crippen LogP contribution in [0.3, 0.4) is 0 Å². The normalized spacial score (nSPS) is 15.6. The van der Waals surface area contributed by atoms with Crippen LogP contribution in [0.2, 0.25) is 0 Å². The molecular weight excluding hydrogens is 334 g/mol. The third kappa shape index (κ3) is 3.75. The lowest BCUT2D eigenvalue weighted by molar-refractivity contribution is 0.0690. The number of benzene rings is 2. The summed E-state index contributed by atoms with van der Waals surface area (Å²) in [6.45, 7) is 5.95. The molecule has 1 amide bonds. The first-order valence-electron chi connectivity index (χ1n) is 9.91. The van der Waals surface area contributed by atoms with Gasteiger partial charge in [0.25, 0.3) is 5.91 Å². The van der Waals surface area contributed by atoms with Crippen molar-refractivity contribution in [1.29, 1.82) is 0 Å². The SMILES string of the molecule is CC(C)n1cnc2ccc(C(=O)N3CCC(Cc4ccccc4)CC3)cc21. The van der Waals surface area contributed by atoms with Crippen LogP contribution in [0.4, 0.5) is 0 Å². The maximum atomic E-state index is 13.0. The van der Waals surface area contributed by atoms with Crippen LogP contribution < -0.4 is 0 Å². The van der Waals surface area contributed by atoms with Gasteiger partial charge in [-0.05, 0) is 62.8 Å². The van der Waals surface area contributed by atoms with Gasteiger partial charge in [-0.2, -0.15) is 0 Å². The Bertz CT molecular complexity index is 921. The lowest BCUT2D eigenvalue weighted by Gasteiger charge is -2.32. The molecule has 1 fully saturated rings. The van der Waals surface area contributed by atoms with Crippen molar-refractivity contribution in [3.05, 3.63) is 66.0 Å². The fraction of sp³-hybridized carbons (Fsp3) is 0.391. The smallest absolute Gasteiger partial charge is 0.253 e. The molecule has 1 saturated heterocycles. The van der Waals surface area contributed by atoms with Crippen LogP contribution in [0.15, 0.2) is 54.9 Å². The summed E-state index contributed by atoms with van der Waals surface area (Å²) in [6.07, 6.45) is 5.13. The lowest BCUT2D eigenvalue weighted by atomic mass is 9.90. The molecule has 0 bridgehead atoms. The average molecular weight is 361 g/mol. The first kappa shape index (κ1) is 17.8. The highest BCUT2D eigenvalue weighted by Gasteiger charge is 2.24. The molecule has 1 aromatic heterocycles. The Morgan fingerprint density at radius 1 is 1.11 bits per heavy atom. The van der Waals surface area contributed by atoms with E-state index in [1.54, 1.807) is 0 Å². The van der Waals surface area contributed by atoms with E-state index >= 15 is 0 Å². The van der Waals surface area contributed by atoms with Crippen LogP contribution >= 0.6 is 0 Å². The van der Waals surface area contributed by atoms with E-state index in [1.165, 1.54) is 5.56 Å². The number of nitrogens with zero attached hydrogens (tertiary/aromatic N) is 3. The number of rotatable bonds is 4. The van der Waals surface area contributed by atoms with E-state index < -0.39 is 0 Å². The van der Waals surface area contributed by atoms with E-state index in [9.17, 15) is 4.79 Å². The van der Waals surface area contributed by atoms with Gasteiger partial charge in [-0.1, -0.05) is 30.3 Å². The van der Waals surface area contributed by atoms with Crippen LogP contribution in [0.1, 0.15) is 48.7 Å². The topological polar surface area (TPSA) is 38.1 Å². The van der Waals surface area contributed by atoms with E-state index in [4.69, 9.17) is 0 Å². The van der Waals surface area contributed by atoms with Crippen molar-refractivity contribution in [1.82, 2.24) is 14.5 Å². The number of hydrogen-bond donors (Lipinski definition) is 0. The summed E-state index contributed by atoms with van der Waals surface area (Å²) in [7, 11) is 0. The zero-order chi connectivity index (χ0) is 18.8. The Labute approximate surface area is 160 Å². The predicted molar refractivity (Wildman–Crippen MR) is 109 cm³/mol. The first-order chi connectivity index (χ1) is 13.1. The quantitative estimate of drug-likeness (QED) is 0.675. The molecule has 4 nitrogen and oxygen atoms in total. The molecule has 2 heterocycles. The summed E-state index contributed by atoms with van der Waals surface area (Å²) in [5.41, 5.74) is 4.15. The molecule has 0 atom stereocenters. The van der Waals surface area contributed by atoms with E-state index in [-0.39, 0.29) is 5.91 Å². The fourth-order valence-corrected chi connectivity index (χ4v) is 4.04. The van der Waals surface area contributed by atoms with Crippen molar-refractivity contribution in [2.24, 2.45) is 5.92 Å². The second kappa shape index (κ2) is 7.55. The molecule has 0 radical (unpaired) electrons. The monoisotopic (exact) mass is 361 g/mol. The molecule has 4 rings (SSSR count). The minimum Gasteiger partial charge on any atom is -0.339 e. The van der Waals surface area contributed by atoms with Crippen LogP contribution in [0.25, 0.3) is 11.0 Å².